The topological polar surface area (TPSA) is 79.5 Å². The summed E-state index contributed by atoms with van der Waals surface area (Å²) < 4.78 is 18.6. The molecule has 28 heavy (non-hydrogen) atoms. The summed E-state index contributed by atoms with van der Waals surface area (Å²) in [6.45, 7) is 1.98. The van der Waals surface area contributed by atoms with Crippen molar-refractivity contribution in [3.8, 4) is 5.75 Å². The number of hydrogen-bond donors (Lipinski definition) is 3. The Morgan fingerprint density at radius 3 is 2.79 bits per heavy atom. The lowest BCUT2D eigenvalue weighted by atomic mass is 10.0. The number of benzene rings is 2. The van der Waals surface area contributed by atoms with Gasteiger partial charge in [0.1, 0.15) is 11.6 Å². The van der Waals surface area contributed by atoms with Crippen LogP contribution in [-0.4, -0.2) is 32.0 Å². The van der Waals surface area contributed by atoms with Crippen LogP contribution in [0.25, 0.3) is 0 Å². The van der Waals surface area contributed by atoms with Crippen molar-refractivity contribution in [1.29, 1.82) is 0 Å². The van der Waals surface area contributed by atoms with Crippen molar-refractivity contribution in [2.24, 2.45) is 5.92 Å². The van der Waals surface area contributed by atoms with Crippen molar-refractivity contribution in [3.63, 3.8) is 0 Å². The minimum Gasteiger partial charge on any atom is -0.495 e. The molecule has 0 spiro atoms. The Morgan fingerprint density at radius 1 is 1.21 bits per heavy atom. The number of rotatable bonds is 7. The van der Waals surface area contributed by atoms with E-state index < -0.39 is 11.7 Å². The van der Waals surface area contributed by atoms with Crippen LogP contribution in [0.4, 0.5) is 15.8 Å². The second-order valence-electron chi connectivity index (χ2n) is 6.83. The number of ether oxygens (including phenoxy) is 1. The molecule has 1 unspecified atom stereocenters. The van der Waals surface area contributed by atoms with E-state index in [1.54, 1.807) is 18.2 Å². The highest BCUT2D eigenvalue weighted by Crippen LogP contribution is 2.28. The lowest BCUT2D eigenvalue weighted by Gasteiger charge is -2.13. The molecule has 2 amide bonds. The Morgan fingerprint density at radius 2 is 2.07 bits per heavy atom. The Bertz CT molecular complexity index is 851. The third-order valence-corrected chi connectivity index (χ3v) is 4.76. The third kappa shape index (κ3) is 5.29. The summed E-state index contributed by atoms with van der Waals surface area (Å²) in [4.78, 5) is 24.6. The van der Waals surface area contributed by atoms with Crippen LogP contribution in [0, 0.1) is 11.7 Å². The number of hydrogen-bond acceptors (Lipinski definition) is 4. The molecular weight excluding hydrogens is 361 g/mol. The first-order chi connectivity index (χ1) is 13.5. The average molecular weight is 385 g/mol. The predicted octanol–water partition coefficient (Wildman–Crippen LogP) is 3.41. The van der Waals surface area contributed by atoms with Crippen molar-refractivity contribution in [2.75, 3.05) is 30.8 Å². The number of halogens is 1. The maximum Gasteiger partial charge on any atom is 0.255 e. The van der Waals surface area contributed by atoms with Crippen molar-refractivity contribution in [1.82, 2.24) is 5.32 Å². The van der Waals surface area contributed by atoms with Gasteiger partial charge in [0.15, 0.2) is 0 Å². The number of anilines is 2. The largest absolute Gasteiger partial charge is 0.495 e. The zero-order valence-electron chi connectivity index (χ0n) is 15.8. The van der Waals surface area contributed by atoms with E-state index in [1.807, 2.05) is 0 Å². The van der Waals surface area contributed by atoms with Crippen LogP contribution < -0.4 is 20.7 Å². The fourth-order valence-corrected chi connectivity index (χ4v) is 3.23. The first-order valence-corrected chi connectivity index (χ1v) is 9.30. The van der Waals surface area contributed by atoms with E-state index >= 15 is 0 Å². The molecule has 7 heteroatoms. The first kappa shape index (κ1) is 19.8. The summed E-state index contributed by atoms with van der Waals surface area (Å²) in [6.07, 6.45) is 2.40. The van der Waals surface area contributed by atoms with Gasteiger partial charge in [0.05, 0.1) is 12.8 Å². The molecule has 1 heterocycles. The van der Waals surface area contributed by atoms with Gasteiger partial charge < -0.3 is 20.7 Å². The second-order valence-corrected chi connectivity index (χ2v) is 6.83. The summed E-state index contributed by atoms with van der Waals surface area (Å²) >= 11 is 0. The Balaban J connectivity index is 1.65. The molecule has 2 aromatic rings. The fraction of sp³-hybridized carbons (Fsp3) is 0.333. The Kier molecular flexibility index (Phi) is 6.60. The molecular formula is C21H24FN3O3. The molecule has 0 bridgehead atoms. The minimum atomic E-state index is -0.488. The molecule has 2 aromatic carbocycles. The highest BCUT2D eigenvalue weighted by molar-refractivity contribution is 6.05. The van der Waals surface area contributed by atoms with Crippen molar-refractivity contribution >= 4 is 23.2 Å². The van der Waals surface area contributed by atoms with E-state index in [-0.39, 0.29) is 11.5 Å². The molecule has 6 nitrogen and oxygen atoms in total. The highest BCUT2D eigenvalue weighted by Gasteiger charge is 2.16. The van der Waals surface area contributed by atoms with Crippen LogP contribution in [0.15, 0.2) is 42.5 Å². The van der Waals surface area contributed by atoms with E-state index in [4.69, 9.17) is 4.74 Å². The van der Waals surface area contributed by atoms with Gasteiger partial charge in [-0.05, 0) is 68.2 Å². The van der Waals surface area contributed by atoms with Gasteiger partial charge in [-0.15, -0.1) is 0 Å². The molecule has 0 saturated carbocycles. The van der Waals surface area contributed by atoms with E-state index in [1.165, 1.54) is 25.3 Å². The van der Waals surface area contributed by atoms with Gasteiger partial charge in [-0.3, -0.25) is 9.59 Å². The molecule has 148 valence electrons. The molecule has 1 aliphatic rings. The van der Waals surface area contributed by atoms with Crippen LogP contribution in [0.1, 0.15) is 29.6 Å². The molecule has 3 rings (SSSR count). The predicted molar refractivity (Wildman–Crippen MR) is 106 cm³/mol. The van der Waals surface area contributed by atoms with Crippen molar-refractivity contribution in [2.45, 2.75) is 19.3 Å². The minimum absolute atomic E-state index is 0.0699. The monoisotopic (exact) mass is 385 g/mol. The van der Waals surface area contributed by atoms with E-state index in [2.05, 4.69) is 16.0 Å². The lowest BCUT2D eigenvalue weighted by Crippen LogP contribution is -2.16. The van der Waals surface area contributed by atoms with Crippen LogP contribution in [0.3, 0.4) is 0 Å². The quantitative estimate of drug-likeness (QED) is 0.682. The number of carbonyl (C=O) groups excluding carboxylic acids is 2. The number of methoxy groups -OCH3 is 1. The lowest BCUT2D eigenvalue weighted by molar-refractivity contribution is -0.116. The smallest absolute Gasteiger partial charge is 0.255 e. The maximum absolute atomic E-state index is 13.3. The Hall–Kier alpha value is -2.93. The summed E-state index contributed by atoms with van der Waals surface area (Å²) in [5.74, 6) is -0.0323. The van der Waals surface area contributed by atoms with Crippen LogP contribution >= 0.6 is 0 Å². The van der Waals surface area contributed by atoms with Gasteiger partial charge >= 0.3 is 0 Å². The molecule has 1 fully saturated rings. The van der Waals surface area contributed by atoms with Crippen LogP contribution in [0.2, 0.25) is 0 Å². The van der Waals surface area contributed by atoms with Gasteiger partial charge in [0.25, 0.3) is 5.91 Å². The zero-order valence-corrected chi connectivity index (χ0v) is 15.8. The standard InChI is InChI=1S/C21H24FN3O3/c1-28-19-7-6-17(24-20(26)8-5-14-9-10-23-13-14)12-18(19)25-21(27)15-3-2-4-16(22)11-15/h2-4,6-7,11-12,14,23H,5,8-10,13H2,1H3,(H,24,26)(H,25,27). The second kappa shape index (κ2) is 9.32. The normalized spacial score (nSPS) is 15.9. The SMILES string of the molecule is COc1ccc(NC(=O)CCC2CCNC2)cc1NC(=O)c1cccc(F)c1. The Labute approximate surface area is 163 Å². The van der Waals surface area contributed by atoms with Gasteiger partial charge in [-0.2, -0.15) is 0 Å². The van der Waals surface area contributed by atoms with Crippen LogP contribution in [0.5, 0.6) is 5.75 Å². The maximum atomic E-state index is 13.3. The molecule has 1 aliphatic heterocycles. The molecule has 3 N–H and O–H groups in total. The van der Waals surface area contributed by atoms with Gasteiger partial charge in [0, 0.05) is 17.7 Å². The molecule has 0 aliphatic carbocycles. The number of carbonyl (C=O) groups is 2. The third-order valence-electron chi connectivity index (χ3n) is 4.76. The summed E-state index contributed by atoms with van der Waals surface area (Å²) in [7, 11) is 1.49. The van der Waals surface area contributed by atoms with Crippen molar-refractivity contribution in [3.05, 3.63) is 53.8 Å². The average Bonchev–Trinajstić information content (AvgIpc) is 3.20. The molecule has 1 atom stereocenters. The zero-order chi connectivity index (χ0) is 19.9. The van der Waals surface area contributed by atoms with E-state index in [9.17, 15) is 14.0 Å². The van der Waals surface area contributed by atoms with Crippen LogP contribution in [-0.2, 0) is 4.79 Å². The molecule has 0 aromatic heterocycles. The van der Waals surface area contributed by atoms with Gasteiger partial charge in [0.2, 0.25) is 5.91 Å². The summed E-state index contributed by atoms with van der Waals surface area (Å²) in [6, 6.07) is 10.4. The van der Waals surface area contributed by atoms with Gasteiger partial charge in [-0.25, -0.2) is 4.39 Å². The van der Waals surface area contributed by atoms with E-state index in [0.29, 0.717) is 29.5 Å². The van der Waals surface area contributed by atoms with Crippen molar-refractivity contribution < 1.29 is 18.7 Å². The number of nitrogens with one attached hydrogen (secondary N) is 3. The van der Waals surface area contributed by atoms with E-state index in [0.717, 1.165) is 32.0 Å². The first-order valence-electron chi connectivity index (χ1n) is 9.30. The highest BCUT2D eigenvalue weighted by atomic mass is 19.1. The summed E-state index contributed by atoms with van der Waals surface area (Å²) in [5.41, 5.74) is 1.15. The summed E-state index contributed by atoms with van der Waals surface area (Å²) in [5, 5.41) is 8.85. The fourth-order valence-electron chi connectivity index (χ4n) is 3.23. The molecule has 1 saturated heterocycles. The number of amides is 2. The molecule has 0 radical (unpaired) electrons. The van der Waals surface area contributed by atoms with Gasteiger partial charge in [-0.1, -0.05) is 6.07 Å².